The van der Waals surface area contributed by atoms with E-state index in [1.54, 1.807) is 0 Å². The Balaban J connectivity index is 3.07. The Labute approximate surface area is 218 Å². The zero-order valence-electron chi connectivity index (χ0n) is 20.9. The average Bonchev–Trinajstić information content (AvgIpc) is 3.35. The zero-order chi connectivity index (χ0) is 28.8. The summed E-state index contributed by atoms with van der Waals surface area (Å²) < 4.78 is 0. The van der Waals surface area contributed by atoms with Crippen LogP contribution in [0.5, 0.6) is 0 Å². The molecule has 17 nitrogen and oxygen atoms in total. The van der Waals surface area contributed by atoms with Gasteiger partial charge in [-0.2, -0.15) is 0 Å². The summed E-state index contributed by atoms with van der Waals surface area (Å²) in [6, 6.07) is -5.32. The number of carboxylic acids is 1. The number of aliphatic carboxylic acids is 1. The average molecular weight is 541 g/mol. The number of nitrogens with zero attached hydrogens (tertiary/aromatic N) is 2. The van der Waals surface area contributed by atoms with E-state index in [0.29, 0.717) is 5.69 Å². The highest BCUT2D eigenvalue weighted by Gasteiger charge is 2.31. The third kappa shape index (κ3) is 11.7. The van der Waals surface area contributed by atoms with Gasteiger partial charge in [-0.3, -0.25) is 24.2 Å². The number of carboxylic acid groups (broad SMARTS) is 1. The number of primary amides is 1. The summed E-state index contributed by atoms with van der Waals surface area (Å²) in [5.41, 5.74) is 21.8. The molecule has 0 aromatic carbocycles. The van der Waals surface area contributed by atoms with Crippen LogP contribution < -0.4 is 38.9 Å². The van der Waals surface area contributed by atoms with Crippen molar-refractivity contribution in [2.24, 2.45) is 27.9 Å². The van der Waals surface area contributed by atoms with Crippen LogP contribution in [0, 0.1) is 0 Å². The van der Waals surface area contributed by atoms with Crippen molar-refractivity contribution in [1.29, 1.82) is 0 Å². The van der Waals surface area contributed by atoms with Crippen molar-refractivity contribution in [1.82, 2.24) is 25.9 Å². The first-order valence-electron chi connectivity index (χ1n) is 11.7. The van der Waals surface area contributed by atoms with Gasteiger partial charge in [-0.05, 0) is 26.2 Å². The number of aliphatic imine (C=N–C) groups is 1. The molecule has 17 heteroatoms. The van der Waals surface area contributed by atoms with Gasteiger partial charge in [-0.15, -0.1) is 0 Å². The maximum Gasteiger partial charge on any atom is 0.326 e. The Morgan fingerprint density at radius 2 is 1.58 bits per heavy atom. The normalized spacial score (nSPS) is 14.7. The third-order valence-corrected chi connectivity index (χ3v) is 5.31. The lowest BCUT2D eigenvalue weighted by molar-refractivity contribution is -0.142. The molecule has 1 aromatic rings. The van der Waals surface area contributed by atoms with Crippen molar-refractivity contribution in [3.8, 4) is 0 Å². The number of imidazole rings is 1. The maximum atomic E-state index is 13.1. The number of hydrogen-bond donors (Lipinski definition) is 10. The monoisotopic (exact) mass is 540 g/mol. The Morgan fingerprint density at radius 3 is 2.08 bits per heavy atom. The second-order valence-electron chi connectivity index (χ2n) is 8.52. The maximum absolute atomic E-state index is 13.1. The Bertz CT molecular complexity index is 979. The van der Waals surface area contributed by atoms with Crippen molar-refractivity contribution in [3.63, 3.8) is 0 Å². The number of nitrogens with two attached hydrogens (primary N) is 4. The minimum atomic E-state index is -1.36. The number of nitrogens with one attached hydrogen (secondary N) is 4. The molecule has 0 bridgehead atoms. The molecule has 0 aliphatic carbocycles. The highest BCUT2D eigenvalue weighted by Crippen LogP contribution is 2.06. The van der Waals surface area contributed by atoms with E-state index in [0.717, 1.165) is 0 Å². The van der Waals surface area contributed by atoms with Crippen LogP contribution in [0.4, 0.5) is 0 Å². The van der Waals surface area contributed by atoms with E-state index in [2.05, 4.69) is 30.9 Å². The number of carbonyl (C=O) groups excluding carboxylic acids is 4. The van der Waals surface area contributed by atoms with Gasteiger partial charge in [0.25, 0.3) is 0 Å². The van der Waals surface area contributed by atoms with Crippen molar-refractivity contribution in [3.05, 3.63) is 18.2 Å². The lowest BCUT2D eigenvalue weighted by atomic mass is 10.1. The molecule has 0 aliphatic heterocycles. The van der Waals surface area contributed by atoms with Crippen LogP contribution in [0.3, 0.4) is 0 Å². The molecule has 0 spiro atoms. The SMILES string of the molecule is CC(O)C(N)C(=O)NC(CCC(N)=O)C(=O)NC(CCCN=C(N)N)C(=O)NC(Cc1cnc[nH]1)C(=O)O. The number of H-pyrrole nitrogens is 1. The van der Waals surface area contributed by atoms with Gasteiger partial charge >= 0.3 is 5.97 Å². The molecule has 5 unspecified atom stereocenters. The van der Waals surface area contributed by atoms with Gasteiger partial charge in [0.2, 0.25) is 23.6 Å². The summed E-state index contributed by atoms with van der Waals surface area (Å²) in [5, 5.41) is 26.3. The number of aliphatic hydroxyl groups excluding tert-OH is 1. The Hall–Kier alpha value is -4.25. The van der Waals surface area contributed by atoms with E-state index in [4.69, 9.17) is 22.9 Å². The van der Waals surface area contributed by atoms with Crippen LogP contribution >= 0.6 is 0 Å². The predicted molar refractivity (Wildman–Crippen MR) is 134 cm³/mol. The summed E-state index contributed by atoms with van der Waals surface area (Å²) in [6.45, 7) is 1.39. The minimum absolute atomic E-state index is 0.00553. The molecule has 212 valence electrons. The van der Waals surface area contributed by atoms with Gasteiger partial charge < -0.3 is 54.1 Å². The number of carbonyl (C=O) groups is 5. The second kappa shape index (κ2) is 15.8. The van der Waals surface area contributed by atoms with E-state index < -0.39 is 59.9 Å². The number of rotatable bonds is 17. The molecule has 38 heavy (non-hydrogen) atoms. The van der Waals surface area contributed by atoms with Gasteiger partial charge in [0.1, 0.15) is 24.2 Å². The fourth-order valence-corrected chi connectivity index (χ4v) is 3.18. The van der Waals surface area contributed by atoms with Crippen molar-refractivity contribution in [2.75, 3.05) is 6.54 Å². The first-order valence-corrected chi connectivity index (χ1v) is 11.7. The first kappa shape index (κ1) is 31.8. The zero-order valence-corrected chi connectivity index (χ0v) is 20.9. The number of aromatic nitrogens is 2. The van der Waals surface area contributed by atoms with Gasteiger partial charge in [0, 0.05) is 31.3 Å². The summed E-state index contributed by atoms with van der Waals surface area (Å²) >= 11 is 0. The minimum Gasteiger partial charge on any atom is -0.480 e. The molecule has 0 saturated heterocycles. The predicted octanol–water partition coefficient (Wildman–Crippen LogP) is -4.48. The standard InChI is InChI=1S/C21H36N10O7/c1-10(32)16(23)19(36)30-13(4-5-15(22)33)18(35)29-12(3-2-6-27-21(24)25)17(34)31-14(20(37)38)7-11-8-26-9-28-11/h8-10,12-14,16,32H,2-7,23H2,1H3,(H2,22,33)(H,26,28)(H,29,35)(H,30,36)(H,31,34)(H,37,38)(H4,24,25,27). The van der Waals surface area contributed by atoms with Crippen molar-refractivity contribution < 1.29 is 34.2 Å². The third-order valence-electron chi connectivity index (χ3n) is 5.31. The molecule has 0 saturated carbocycles. The molecule has 0 aliphatic rings. The largest absolute Gasteiger partial charge is 0.480 e. The van der Waals surface area contributed by atoms with Gasteiger partial charge in [0.15, 0.2) is 5.96 Å². The lowest BCUT2D eigenvalue weighted by Crippen LogP contribution is -2.58. The number of aromatic amines is 1. The fraction of sp³-hybridized carbons (Fsp3) is 0.571. The number of guanidine groups is 1. The van der Waals surface area contributed by atoms with Crippen LogP contribution in [-0.4, -0.2) is 92.6 Å². The summed E-state index contributed by atoms with van der Waals surface area (Å²) in [4.78, 5) is 71.8. The molecule has 14 N–H and O–H groups in total. The van der Waals surface area contributed by atoms with Crippen LogP contribution in [0.15, 0.2) is 17.5 Å². The molecule has 1 rings (SSSR count). The van der Waals surface area contributed by atoms with Crippen LogP contribution in [-0.2, 0) is 30.4 Å². The van der Waals surface area contributed by atoms with E-state index >= 15 is 0 Å². The first-order chi connectivity index (χ1) is 17.8. The molecule has 0 radical (unpaired) electrons. The van der Waals surface area contributed by atoms with Crippen LogP contribution in [0.1, 0.15) is 38.3 Å². The topological polar surface area (TPSA) is 307 Å². The number of aliphatic hydroxyl groups is 1. The van der Waals surface area contributed by atoms with Gasteiger partial charge in [-0.25, -0.2) is 9.78 Å². The molecular weight excluding hydrogens is 504 g/mol. The number of amides is 4. The molecule has 4 amide bonds. The highest BCUT2D eigenvalue weighted by molar-refractivity contribution is 5.94. The Kier molecular flexibility index (Phi) is 13.2. The second-order valence-corrected chi connectivity index (χ2v) is 8.52. The van der Waals surface area contributed by atoms with Crippen molar-refractivity contribution in [2.45, 2.75) is 69.3 Å². The van der Waals surface area contributed by atoms with Crippen molar-refractivity contribution >= 4 is 35.6 Å². The lowest BCUT2D eigenvalue weighted by Gasteiger charge is -2.25. The quantitative estimate of drug-likeness (QED) is 0.0510. The number of hydrogen-bond acceptors (Lipinski definition) is 9. The fourth-order valence-electron chi connectivity index (χ4n) is 3.18. The molecular formula is C21H36N10O7. The summed E-state index contributed by atoms with van der Waals surface area (Å²) in [6.07, 6.45) is 1.13. The highest BCUT2D eigenvalue weighted by atomic mass is 16.4. The van der Waals surface area contributed by atoms with Crippen LogP contribution in [0.2, 0.25) is 0 Å². The summed E-state index contributed by atoms with van der Waals surface area (Å²) in [7, 11) is 0. The molecule has 1 aromatic heterocycles. The molecule has 5 atom stereocenters. The van der Waals surface area contributed by atoms with E-state index in [1.807, 2.05) is 0 Å². The molecule has 0 fully saturated rings. The van der Waals surface area contributed by atoms with E-state index in [1.165, 1.54) is 19.4 Å². The molecule has 1 heterocycles. The van der Waals surface area contributed by atoms with Gasteiger partial charge in [0.05, 0.1) is 12.4 Å². The van der Waals surface area contributed by atoms with Gasteiger partial charge in [-0.1, -0.05) is 0 Å². The Morgan fingerprint density at radius 1 is 1.00 bits per heavy atom. The smallest absolute Gasteiger partial charge is 0.326 e. The van der Waals surface area contributed by atoms with E-state index in [9.17, 15) is 34.2 Å². The summed E-state index contributed by atoms with van der Waals surface area (Å²) in [5.74, 6) is -4.80. The van der Waals surface area contributed by atoms with E-state index in [-0.39, 0.29) is 44.6 Å². The van der Waals surface area contributed by atoms with Crippen LogP contribution in [0.25, 0.3) is 0 Å².